The first-order valence-electron chi connectivity index (χ1n) is 15.6. The number of hydrogen-bond acceptors (Lipinski definition) is 6. The van der Waals surface area contributed by atoms with Gasteiger partial charge in [0.2, 0.25) is 0 Å². The predicted octanol–water partition coefficient (Wildman–Crippen LogP) is 6.09. The maximum absolute atomic E-state index is 14.0. The molecule has 4 fully saturated rings. The lowest BCUT2D eigenvalue weighted by atomic mass is 9.78. The molecular formula is C32H39F2N3O4. The van der Waals surface area contributed by atoms with Gasteiger partial charge in [0, 0.05) is 47.9 Å². The van der Waals surface area contributed by atoms with E-state index in [4.69, 9.17) is 4.52 Å². The monoisotopic (exact) mass is 567 g/mol. The summed E-state index contributed by atoms with van der Waals surface area (Å²) < 4.78 is 35.2. The zero-order valence-electron chi connectivity index (χ0n) is 23.3. The predicted molar refractivity (Wildman–Crippen MR) is 148 cm³/mol. The Morgan fingerprint density at radius 1 is 0.902 bits per heavy atom. The normalized spacial score (nSPS) is 34.9. The molecule has 220 valence electrons. The van der Waals surface area contributed by atoms with Gasteiger partial charge in [-0.15, -0.1) is 0 Å². The Bertz CT molecular complexity index is 1480. The van der Waals surface area contributed by atoms with Crippen LogP contribution in [-0.4, -0.2) is 61.1 Å². The van der Waals surface area contributed by atoms with Crippen LogP contribution >= 0.6 is 0 Å². The second kappa shape index (κ2) is 9.17. The van der Waals surface area contributed by atoms with Crippen LogP contribution in [-0.2, 0) is 6.54 Å². The van der Waals surface area contributed by atoms with E-state index in [-0.39, 0.29) is 30.5 Å². The molecule has 0 amide bonds. The van der Waals surface area contributed by atoms with E-state index in [0.717, 1.165) is 68.4 Å². The summed E-state index contributed by atoms with van der Waals surface area (Å²) in [5.41, 5.74) is 1.65. The number of benzene rings is 1. The molecule has 3 aromatic rings. The molecule has 6 atom stereocenters. The molecule has 2 aromatic heterocycles. The lowest BCUT2D eigenvalue weighted by Crippen LogP contribution is -2.40. The number of aromatic hydroxyl groups is 2. The molecule has 2 bridgehead atoms. The number of alkyl halides is 2. The van der Waals surface area contributed by atoms with Crippen molar-refractivity contribution in [3.05, 3.63) is 41.1 Å². The molecule has 1 aromatic carbocycles. The summed E-state index contributed by atoms with van der Waals surface area (Å²) in [7, 11) is 0. The van der Waals surface area contributed by atoms with Crippen LogP contribution in [0.1, 0.15) is 92.4 Å². The number of para-hydroxylation sites is 1. The van der Waals surface area contributed by atoms with Crippen molar-refractivity contribution in [2.75, 3.05) is 19.6 Å². The highest BCUT2D eigenvalue weighted by Crippen LogP contribution is 2.71. The van der Waals surface area contributed by atoms with Crippen molar-refractivity contribution in [1.82, 2.24) is 14.6 Å². The summed E-state index contributed by atoms with van der Waals surface area (Å²) in [6, 6.07) is 8.07. The molecule has 0 spiro atoms. The van der Waals surface area contributed by atoms with Gasteiger partial charge in [0.25, 0.3) is 5.92 Å². The molecular weight excluding hydrogens is 528 g/mol. The van der Waals surface area contributed by atoms with Gasteiger partial charge in [-0.2, -0.15) is 0 Å². The van der Waals surface area contributed by atoms with Crippen LogP contribution in [0.25, 0.3) is 11.0 Å². The molecule has 4 unspecified atom stereocenters. The first kappa shape index (κ1) is 26.0. The fourth-order valence-electron chi connectivity index (χ4n) is 9.31. The van der Waals surface area contributed by atoms with Crippen LogP contribution in [0.15, 0.2) is 28.8 Å². The number of aliphatic hydroxyl groups is 1. The van der Waals surface area contributed by atoms with Gasteiger partial charge in [0.1, 0.15) is 0 Å². The molecule has 5 aliphatic rings. The molecule has 3 heterocycles. The summed E-state index contributed by atoms with van der Waals surface area (Å²) in [5, 5.41) is 39.4. The van der Waals surface area contributed by atoms with Gasteiger partial charge in [-0.25, -0.2) is 8.78 Å². The SMILES string of the molecule is Oc1c2c(c(O)n1C[C@H]1CCCC[C@@H]1CN1CCC(c3noc4ccccc34)CC1)C1CC2CC1(O)C1CC1(F)F. The first-order chi connectivity index (χ1) is 19.7. The Morgan fingerprint density at radius 2 is 1.59 bits per heavy atom. The average molecular weight is 568 g/mol. The molecule has 8 rings (SSSR count). The minimum absolute atomic E-state index is 0.0166. The fraction of sp³-hybridized carbons (Fsp3) is 0.656. The Balaban J connectivity index is 0.959. The van der Waals surface area contributed by atoms with E-state index in [1.807, 2.05) is 18.2 Å². The Hall–Kier alpha value is -2.65. The third-order valence-electron chi connectivity index (χ3n) is 11.5. The lowest BCUT2D eigenvalue weighted by Gasteiger charge is -2.38. The molecule has 7 nitrogen and oxygen atoms in total. The van der Waals surface area contributed by atoms with Gasteiger partial charge in [-0.05, 0) is 81.5 Å². The average Bonchev–Trinajstić information content (AvgIpc) is 3.36. The maximum atomic E-state index is 14.0. The molecule has 3 N–H and O–H groups in total. The van der Waals surface area contributed by atoms with Crippen molar-refractivity contribution in [1.29, 1.82) is 0 Å². The van der Waals surface area contributed by atoms with E-state index in [1.165, 1.54) is 6.42 Å². The molecule has 3 saturated carbocycles. The van der Waals surface area contributed by atoms with Gasteiger partial charge in [-0.1, -0.05) is 30.1 Å². The highest BCUT2D eigenvalue weighted by Gasteiger charge is 2.72. The third kappa shape index (κ3) is 3.98. The molecule has 9 heteroatoms. The van der Waals surface area contributed by atoms with E-state index in [0.29, 0.717) is 41.8 Å². The number of rotatable bonds is 6. The number of hydrogen-bond donors (Lipinski definition) is 3. The lowest BCUT2D eigenvalue weighted by molar-refractivity contribution is -0.0399. The summed E-state index contributed by atoms with van der Waals surface area (Å²) in [6.07, 6.45) is 7.07. The van der Waals surface area contributed by atoms with Crippen LogP contribution in [0, 0.1) is 17.8 Å². The Labute approximate surface area is 238 Å². The smallest absolute Gasteiger partial charge is 0.254 e. The van der Waals surface area contributed by atoms with Gasteiger partial charge in [0.15, 0.2) is 17.3 Å². The number of aromatic nitrogens is 2. The third-order valence-corrected chi connectivity index (χ3v) is 11.5. The van der Waals surface area contributed by atoms with Crippen LogP contribution in [0.3, 0.4) is 0 Å². The van der Waals surface area contributed by atoms with Gasteiger partial charge in [-0.3, -0.25) is 4.57 Å². The Kier molecular flexibility index (Phi) is 5.82. The number of nitrogens with zero attached hydrogens (tertiary/aromatic N) is 3. The summed E-state index contributed by atoms with van der Waals surface area (Å²) in [4.78, 5) is 2.56. The van der Waals surface area contributed by atoms with Crippen LogP contribution in [0.5, 0.6) is 11.8 Å². The second-order valence-electron chi connectivity index (χ2n) is 13.7. The molecule has 0 radical (unpaired) electrons. The quantitative estimate of drug-likeness (QED) is 0.334. The molecule has 41 heavy (non-hydrogen) atoms. The number of fused-ring (bicyclic) bond motifs is 6. The van der Waals surface area contributed by atoms with Crippen molar-refractivity contribution >= 4 is 11.0 Å². The summed E-state index contributed by atoms with van der Waals surface area (Å²) in [5.74, 6) is -3.33. The minimum atomic E-state index is -2.83. The second-order valence-corrected chi connectivity index (χ2v) is 13.7. The summed E-state index contributed by atoms with van der Waals surface area (Å²) >= 11 is 0. The molecule has 4 aliphatic carbocycles. The number of likely N-dealkylation sites (tertiary alicyclic amines) is 1. The standard InChI is InChI=1S/C32H39F2N3O4/c33-32(34)15-25(32)31(40)14-21-13-23(31)27-26(21)29(38)37(30(27)39)17-20-6-2-1-5-19(20)16-36-11-9-18(10-12-36)28-22-7-3-4-8-24(22)41-35-28/h3-4,7-8,18-21,23,25,38-40H,1-2,5-6,9-17H2/t19-,20-,21?,23?,25?,31?/m1/s1. The molecule has 1 aliphatic heterocycles. The van der Waals surface area contributed by atoms with Crippen molar-refractivity contribution in [3.8, 4) is 11.8 Å². The minimum Gasteiger partial charge on any atom is -0.494 e. The Morgan fingerprint density at radius 3 is 2.32 bits per heavy atom. The van der Waals surface area contributed by atoms with Crippen molar-refractivity contribution in [2.24, 2.45) is 17.8 Å². The van der Waals surface area contributed by atoms with Gasteiger partial charge in [0.05, 0.1) is 17.2 Å². The van der Waals surface area contributed by atoms with Crippen molar-refractivity contribution < 1.29 is 28.6 Å². The van der Waals surface area contributed by atoms with Crippen molar-refractivity contribution in [3.63, 3.8) is 0 Å². The van der Waals surface area contributed by atoms with Crippen LogP contribution in [0.2, 0.25) is 0 Å². The largest absolute Gasteiger partial charge is 0.494 e. The topological polar surface area (TPSA) is 94.9 Å². The maximum Gasteiger partial charge on any atom is 0.254 e. The van der Waals surface area contributed by atoms with E-state index in [1.54, 1.807) is 4.57 Å². The van der Waals surface area contributed by atoms with Crippen LogP contribution < -0.4 is 0 Å². The zero-order valence-corrected chi connectivity index (χ0v) is 23.3. The first-order valence-corrected chi connectivity index (χ1v) is 15.6. The number of halogens is 2. The highest BCUT2D eigenvalue weighted by atomic mass is 19.3. The highest BCUT2D eigenvalue weighted by molar-refractivity contribution is 5.79. The van der Waals surface area contributed by atoms with Crippen LogP contribution in [0.4, 0.5) is 8.78 Å². The number of piperidine rings is 1. The van der Waals surface area contributed by atoms with Gasteiger partial charge >= 0.3 is 0 Å². The van der Waals surface area contributed by atoms with E-state index in [2.05, 4.69) is 16.1 Å². The van der Waals surface area contributed by atoms with Crippen molar-refractivity contribution in [2.45, 2.75) is 93.6 Å². The fourth-order valence-corrected chi connectivity index (χ4v) is 9.31. The summed E-state index contributed by atoms with van der Waals surface area (Å²) in [6.45, 7) is 3.55. The van der Waals surface area contributed by atoms with E-state index < -0.39 is 23.4 Å². The zero-order chi connectivity index (χ0) is 28.1. The van der Waals surface area contributed by atoms with Gasteiger partial charge < -0.3 is 24.7 Å². The van der Waals surface area contributed by atoms with E-state index in [9.17, 15) is 24.1 Å². The molecule has 1 saturated heterocycles. The van der Waals surface area contributed by atoms with E-state index >= 15 is 0 Å².